The summed E-state index contributed by atoms with van der Waals surface area (Å²) in [5.74, 6) is 0.748. The van der Waals surface area contributed by atoms with Crippen molar-refractivity contribution in [2.45, 2.75) is 33.3 Å². The summed E-state index contributed by atoms with van der Waals surface area (Å²) in [6.45, 7) is 6.16. The highest BCUT2D eigenvalue weighted by Gasteiger charge is 2.21. The molecule has 0 saturated heterocycles. The van der Waals surface area contributed by atoms with Crippen LogP contribution in [0.5, 0.6) is 5.75 Å². The van der Waals surface area contributed by atoms with Gasteiger partial charge in [-0.05, 0) is 30.0 Å². The third-order valence-electron chi connectivity index (χ3n) is 3.95. The third kappa shape index (κ3) is 3.92. The van der Waals surface area contributed by atoms with Gasteiger partial charge in [-0.2, -0.15) is 0 Å². The Morgan fingerprint density at radius 1 is 1.00 bits per heavy atom. The molecule has 0 bridgehead atoms. The molecule has 0 fully saturated rings. The van der Waals surface area contributed by atoms with Crippen molar-refractivity contribution in [3.8, 4) is 16.9 Å². The third-order valence-corrected chi connectivity index (χ3v) is 3.95. The van der Waals surface area contributed by atoms with Gasteiger partial charge in [0.15, 0.2) is 0 Å². The molecule has 23 heavy (non-hydrogen) atoms. The molecule has 2 aromatic rings. The van der Waals surface area contributed by atoms with Gasteiger partial charge in [-0.1, -0.05) is 57.2 Å². The van der Waals surface area contributed by atoms with E-state index in [4.69, 9.17) is 9.47 Å². The molecule has 0 radical (unpaired) electrons. The van der Waals surface area contributed by atoms with Crippen LogP contribution in [-0.2, 0) is 4.74 Å². The predicted molar refractivity (Wildman–Crippen MR) is 92.8 cm³/mol. The monoisotopic (exact) mass is 312 g/mol. The van der Waals surface area contributed by atoms with Crippen LogP contribution in [0.3, 0.4) is 0 Å². The second-order valence-corrected chi connectivity index (χ2v) is 5.84. The van der Waals surface area contributed by atoms with Gasteiger partial charge < -0.3 is 9.47 Å². The summed E-state index contributed by atoms with van der Waals surface area (Å²) in [5.41, 5.74) is 2.28. The molecule has 0 aliphatic heterocycles. The average Bonchev–Trinajstić information content (AvgIpc) is 2.59. The van der Waals surface area contributed by atoms with E-state index in [1.165, 1.54) is 0 Å². The number of methoxy groups -OCH3 is 1. The molecule has 1 atom stereocenters. The van der Waals surface area contributed by atoms with Gasteiger partial charge in [-0.15, -0.1) is 0 Å². The molecule has 2 rings (SSSR count). The molecule has 0 heterocycles. The Balaban J connectivity index is 2.40. The lowest BCUT2D eigenvalue weighted by Crippen LogP contribution is -2.23. The second-order valence-electron chi connectivity index (χ2n) is 5.84. The van der Waals surface area contributed by atoms with E-state index in [1.54, 1.807) is 13.2 Å². The molecule has 1 unspecified atom stereocenters. The molecular weight excluding hydrogens is 288 g/mol. The summed E-state index contributed by atoms with van der Waals surface area (Å²) in [5, 5.41) is 0. The highest BCUT2D eigenvalue weighted by atomic mass is 16.5. The fourth-order valence-electron chi connectivity index (χ4n) is 2.65. The SMILES string of the molecule is CCC(OC(=O)c1ccccc1-c1ccccc1OC)C(C)C. The minimum atomic E-state index is -0.285. The zero-order valence-corrected chi connectivity index (χ0v) is 14.2. The maximum atomic E-state index is 12.6. The number of esters is 1. The van der Waals surface area contributed by atoms with Crippen molar-refractivity contribution in [1.29, 1.82) is 0 Å². The van der Waals surface area contributed by atoms with E-state index in [1.807, 2.05) is 49.4 Å². The van der Waals surface area contributed by atoms with Crippen LogP contribution in [0, 0.1) is 5.92 Å². The first-order chi connectivity index (χ1) is 11.1. The number of carbonyl (C=O) groups excluding carboxylic acids is 1. The number of ether oxygens (including phenoxy) is 2. The Bertz CT molecular complexity index is 661. The van der Waals surface area contributed by atoms with E-state index in [0.717, 1.165) is 23.3 Å². The summed E-state index contributed by atoms with van der Waals surface area (Å²) in [4.78, 5) is 12.6. The molecule has 0 saturated carbocycles. The van der Waals surface area contributed by atoms with E-state index in [-0.39, 0.29) is 12.1 Å². The topological polar surface area (TPSA) is 35.5 Å². The maximum Gasteiger partial charge on any atom is 0.339 e. The molecule has 3 heteroatoms. The van der Waals surface area contributed by atoms with Gasteiger partial charge in [0.2, 0.25) is 0 Å². The lowest BCUT2D eigenvalue weighted by Gasteiger charge is -2.21. The zero-order chi connectivity index (χ0) is 16.8. The predicted octanol–water partition coefficient (Wildman–Crippen LogP) is 4.95. The second kappa shape index (κ2) is 7.82. The molecule has 122 valence electrons. The number of hydrogen-bond donors (Lipinski definition) is 0. The van der Waals surface area contributed by atoms with Crippen molar-refractivity contribution < 1.29 is 14.3 Å². The minimum Gasteiger partial charge on any atom is -0.496 e. The largest absolute Gasteiger partial charge is 0.496 e. The quantitative estimate of drug-likeness (QED) is 0.708. The van der Waals surface area contributed by atoms with Crippen LogP contribution < -0.4 is 4.74 Å². The Labute approximate surface area is 138 Å². The first-order valence-electron chi connectivity index (χ1n) is 8.01. The summed E-state index contributed by atoms with van der Waals surface area (Å²) >= 11 is 0. The number of hydrogen-bond acceptors (Lipinski definition) is 3. The Morgan fingerprint density at radius 2 is 1.61 bits per heavy atom. The first-order valence-corrected chi connectivity index (χ1v) is 8.01. The average molecular weight is 312 g/mol. The molecule has 0 aliphatic rings. The van der Waals surface area contributed by atoms with Crippen LogP contribution in [0.2, 0.25) is 0 Å². The summed E-state index contributed by atoms with van der Waals surface area (Å²) in [7, 11) is 1.63. The van der Waals surface area contributed by atoms with Crippen molar-refractivity contribution in [2.75, 3.05) is 7.11 Å². The zero-order valence-electron chi connectivity index (χ0n) is 14.2. The molecule has 0 N–H and O–H groups in total. The van der Waals surface area contributed by atoms with Crippen LogP contribution in [-0.4, -0.2) is 19.2 Å². The van der Waals surface area contributed by atoms with Gasteiger partial charge in [0.1, 0.15) is 11.9 Å². The van der Waals surface area contributed by atoms with Crippen molar-refractivity contribution in [3.05, 3.63) is 54.1 Å². The number of rotatable bonds is 6. The highest BCUT2D eigenvalue weighted by Crippen LogP contribution is 2.32. The van der Waals surface area contributed by atoms with Gasteiger partial charge >= 0.3 is 5.97 Å². The van der Waals surface area contributed by atoms with Crippen molar-refractivity contribution in [1.82, 2.24) is 0 Å². The van der Waals surface area contributed by atoms with E-state index >= 15 is 0 Å². The minimum absolute atomic E-state index is 0.0757. The number of benzene rings is 2. The molecule has 0 aromatic heterocycles. The lowest BCUT2D eigenvalue weighted by molar-refractivity contribution is 0.0174. The van der Waals surface area contributed by atoms with E-state index in [2.05, 4.69) is 13.8 Å². The van der Waals surface area contributed by atoms with Crippen LogP contribution in [0.4, 0.5) is 0 Å². The highest BCUT2D eigenvalue weighted by molar-refractivity contribution is 5.98. The van der Waals surface area contributed by atoms with Gasteiger partial charge in [0, 0.05) is 5.56 Å². The van der Waals surface area contributed by atoms with E-state index < -0.39 is 0 Å². The van der Waals surface area contributed by atoms with Crippen molar-refractivity contribution in [2.24, 2.45) is 5.92 Å². The van der Waals surface area contributed by atoms with Crippen LogP contribution in [0.1, 0.15) is 37.6 Å². The lowest BCUT2D eigenvalue weighted by atomic mass is 9.98. The maximum absolute atomic E-state index is 12.6. The molecular formula is C20H24O3. The van der Waals surface area contributed by atoms with Crippen LogP contribution >= 0.6 is 0 Å². The number of para-hydroxylation sites is 1. The standard InChI is InChI=1S/C20H24O3/c1-5-18(14(2)3)23-20(21)17-12-7-6-10-15(17)16-11-8-9-13-19(16)22-4/h6-14,18H,5H2,1-4H3. The van der Waals surface area contributed by atoms with E-state index in [0.29, 0.717) is 11.5 Å². The smallest absolute Gasteiger partial charge is 0.339 e. The first kappa shape index (κ1) is 17.1. The van der Waals surface area contributed by atoms with Crippen molar-refractivity contribution >= 4 is 5.97 Å². The van der Waals surface area contributed by atoms with Gasteiger partial charge in [0.25, 0.3) is 0 Å². The fraction of sp³-hybridized carbons (Fsp3) is 0.350. The van der Waals surface area contributed by atoms with Gasteiger partial charge in [0.05, 0.1) is 12.7 Å². The molecule has 3 nitrogen and oxygen atoms in total. The molecule has 0 amide bonds. The Morgan fingerprint density at radius 3 is 2.22 bits per heavy atom. The summed E-state index contributed by atoms with van der Waals surface area (Å²) < 4.78 is 11.1. The summed E-state index contributed by atoms with van der Waals surface area (Å²) in [6, 6.07) is 15.2. The molecule has 0 spiro atoms. The van der Waals surface area contributed by atoms with Crippen molar-refractivity contribution in [3.63, 3.8) is 0 Å². The van der Waals surface area contributed by atoms with E-state index in [9.17, 15) is 4.79 Å². The fourth-order valence-corrected chi connectivity index (χ4v) is 2.65. The van der Waals surface area contributed by atoms with Gasteiger partial charge in [-0.3, -0.25) is 0 Å². The Kier molecular flexibility index (Phi) is 5.80. The number of carbonyl (C=O) groups is 1. The Hall–Kier alpha value is -2.29. The molecule has 0 aliphatic carbocycles. The normalized spacial score (nSPS) is 12.0. The molecule has 2 aromatic carbocycles. The van der Waals surface area contributed by atoms with Gasteiger partial charge in [-0.25, -0.2) is 4.79 Å². The van der Waals surface area contributed by atoms with Crippen LogP contribution in [0.25, 0.3) is 11.1 Å². The summed E-state index contributed by atoms with van der Waals surface area (Å²) in [6.07, 6.45) is 0.730. The van der Waals surface area contributed by atoms with Crippen LogP contribution in [0.15, 0.2) is 48.5 Å².